The number of hydrogen-bond acceptors (Lipinski definition) is 1. The maximum atomic E-state index is 13.8. The van der Waals surface area contributed by atoms with Crippen LogP contribution < -0.4 is 0 Å². The molecule has 1 nitrogen and oxygen atoms in total. The molecular formula is C29H42FN. The Morgan fingerprint density at radius 1 is 0.903 bits per heavy atom. The molecule has 0 N–H and O–H groups in total. The van der Waals surface area contributed by atoms with Crippen LogP contribution in [-0.2, 0) is 6.42 Å². The van der Waals surface area contributed by atoms with Gasteiger partial charge in [-0.15, -0.1) is 0 Å². The van der Waals surface area contributed by atoms with Gasteiger partial charge in [-0.05, 0) is 74.0 Å². The Morgan fingerprint density at radius 3 is 2.29 bits per heavy atom. The maximum absolute atomic E-state index is 13.8. The van der Waals surface area contributed by atoms with Crippen molar-refractivity contribution in [3.8, 4) is 6.07 Å². The molecule has 31 heavy (non-hydrogen) atoms. The first-order valence-corrected chi connectivity index (χ1v) is 13.0. The van der Waals surface area contributed by atoms with Crippen molar-refractivity contribution < 1.29 is 4.39 Å². The number of unbranched alkanes of at least 4 members (excludes halogenated alkanes) is 3. The van der Waals surface area contributed by atoms with Crippen molar-refractivity contribution in [1.29, 1.82) is 5.26 Å². The molecule has 0 amide bonds. The van der Waals surface area contributed by atoms with Crippen LogP contribution in [0.5, 0.6) is 0 Å². The Bertz CT molecular complexity index is 736. The van der Waals surface area contributed by atoms with E-state index in [4.69, 9.17) is 5.26 Å². The molecule has 1 atom stereocenters. The van der Waals surface area contributed by atoms with Gasteiger partial charge in [-0.25, -0.2) is 4.39 Å². The minimum atomic E-state index is -0.386. The molecule has 0 aliphatic heterocycles. The van der Waals surface area contributed by atoms with Gasteiger partial charge in [-0.2, -0.15) is 5.26 Å². The van der Waals surface area contributed by atoms with Crippen LogP contribution >= 0.6 is 0 Å². The van der Waals surface area contributed by atoms with Gasteiger partial charge < -0.3 is 0 Å². The van der Waals surface area contributed by atoms with Crippen molar-refractivity contribution in [2.45, 2.75) is 110 Å². The lowest BCUT2D eigenvalue weighted by Crippen LogP contribution is -2.16. The number of allylic oxidation sites excluding steroid dienone is 2. The van der Waals surface area contributed by atoms with E-state index in [0.29, 0.717) is 0 Å². The summed E-state index contributed by atoms with van der Waals surface area (Å²) in [5, 5.41) is 8.85. The quantitative estimate of drug-likeness (QED) is 0.257. The monoisotopic (exact) mass is 423 g/mol. The fourth-order valence-corrected chi connectivity index (χ4v) is 5.68. The second-order valence-electron chi connectivity index (χ2n) is 10.2. The fourth-order valence-electron chi connectivity index (χ4n) is 5.68. The Balaban J connectivity index is 1.29. The summed E-state index contributed by atoms with van der Waals surface area (Å²) in [6.07, 6.45) is 24.1. The van der Waals surface area contributed by atoms with Crippen LogP contribution in [-0.4, -0.2) is 0 Å². The van der Waals surface area contributed by atoms with Crippen LogP contribution in [0, 0.1) is 34.9 Å². The van der Waals surface area contributed by atoms with E-state index in [-0.39, 0.29) is 11.4 Å². The normalized spacial score (nSPS) is 23.9. The molecular weight excluding hydrogens is 381 g/mol. The van der Waals surface area contributed by atoms with Crippen LogP contribution in [0.4, 0.5) is 4.39 Å². The zero-order valence-corrected chi connectivity index (χ0v) is 19.7. The molecule has 2 aliphatic rings. The van der Waals surface area contributed by atoms with Crippen molar-refractivity contribution in [2.24, 2.45) is 17.8 Å². The molecule has 1 aromatic rings. The highest BCUT2D eigenvalue weighted by Gasteiger charge is 2.22. The van der Waals surface area contributed by atoms with Gasteiger partial charge >= 0.3 is 0 Å². The number of benzene rings is 1. The van der Waals surface area contributed by atoms with Crippen molar-refractivity contribution >= 4 is 0 Å². The van der Waals surface area contributed by atoms with Crippen molar-refractivity contribution in [3.05, 3.63) is 46.8 Å². The van der Waals surface area contributed by atoms with Gasteiger partial charge in [0.15, 0.2) is 0 Å². The van der Waals surface area contributed by atoms with Crippen LogP contribution in [0.1, 0.15) is 114 Å². The third-order valence-corrected chi connectivity index (χ3v) is 7.92. The second kappa shape index (κ2) is 13.0. The van der Waals surface area contributed by atoms with Gasteiger partial charge in [0.05, 0.1) is 5.56 Å². The highest BCUT2D eigenvalue weighted by molar-refractivity contribution is 5.33. The third kappa shape index (κ3) is 8.10. The summed E-state index contributed by atoms with van der Waals surface area (Å²) in [5.74, 6) is 2.51. The molecule has 0 saturated heterocycles. The van der Waals surface area contributed by atoms with E-state index in [1.165, 1.54) is 96.0 Å². The number of nitrogens with zero attached hydrogens (tertiary/aromatic N) is 1. The lowest BCUT2D eigenvalue weighted by Gasteiger charge is -2.30. The van der Waals surface area contributed by atoms with Gasteiger partial charge in [-0.1, -0.05) is 88.8 Å². The molecule has 0 radical (unpaired) electrons. The van der Waals surface area contributed by atoms with E-state index >= 15 is 0 Å². The second-order valence-corrected chi connectivity index (χ2v) is 10.2. The van der Waals surface area contributed by atoms with E-state index in [1.54, 1.807) is 11.6 Å². The zero-order valence-electron chi connectivity index (χ0n) is 19.7. The van der Waals surface area contributed by atoms with Crippen LogP contribution in [0.2, 0.25) is 0 Å². The summed E-state index contributed by atoms with van der Waals surface area (Å²) in [7, 11) is 0. The lowest BCUT2D eigenvalue weighted by atomic mass is 9.76. The predicted molar refractivity (Wildman–Crippen MR) is 128 cm³/mol. The first-order valence-electron chi connectivity index (χ1n) is 13.0. The largest absolute Gasteiger partial charge is 0.206 e. The Kier molecular flexibility index (Phi) is 10.1. The summed E-state index contributed by atoms with van der Waals surface area (Å²) in [6.45, 7) is 2.30. The van der Waals surface area contributed by atoms with Gasteiger partial charge in [0.1, 0.15) is 11.9 Å². The number of aryl methyl sites for hydroxylation is 1. The fraction of sp³-hybridized carbons (Fsp3) is 0.690. The van der Waals surface area contributed by atoms with Gasteiger partial charge in [-0.3, -0.25) is 0 Å². The van der Waals surface area contributed by atoms with Crippen LogP contribution in [0.25, 0.3) is 0 Å². The topological polar surface area (TPSA) is 23.8 Å². The van der Waals surface area contributed by atoms with Gasteiger partial charge in [0, 0.05) is 0 Å². The number of nitriles is 1. The Hall–Kier alpha value is -1.62. The van der Waals surface area contributed by atoms with Crippen LogP contribution in [0.15, 0.2) is 29.8 Å². The third-order valence-electron chi connectivity index (χ3n) is 7.92. The lowest BCUT2D eigenvalue weighted by molar-refractivity contribution is 0.234. The molecule has 0 spiro atoms. The first-order chi connectivity index (χ1) is 15.2. The van der Waals surface area contributed by atoms with Crippen molar-refractivity contribution in [3.63, 3.8) is 0 Å². The predicted octanol–water partition coefficient (Wildman–Crippen LogP) is 8.91. The highest BCUT2D eigenvalue weighted by atomic mass is 19.1. The maximum Gasteiger partial charge on any atom is 0.141 e. The Morgan fingerprint density at radius 2 is 1.65 bits per heavy atom. The first kappa shape index (κ1) is 24.0. The molecule has 1 unspecified atom stereocenters. The van der Waals surface area contributed by atoms with Crippen LogP contribution in [0.3, 0.4) is 0 Å². The molecule has 2 heteroatoms. The average molecular weight is 424 g/mol. The summed E-state index contributed by atoms with van der Waals surface area (Å²) in [5.41, 5.74) is 2.69. The van der Waals surface area contributed by atoms with E-state index in [0.717, 1.165) is 36.2 Å². The zero-order chi connectivity index (χ0) is 21.9. The molecule has 1 aromatic carbocycles. The van der Waals surface area contributed by atoms with Crippen molar-refractivity contribution in [1.82, 2.24) is 0 Å². The molecule has 0 bridgehead atoms. The molecule has 2 aliphatic carbocycles. The van der Waals surface area contributed by atoms with E-state index < -0.39 is 0 Å². The summed E-state index contributed by atoms with van der Waals surface area (Å²) >= 11 is 0. The smallest absolute Gasteiger partial charge is 0.141 e. The number of halogens is 1. The van der Waals surface area contributed by atoms with Crippen molar-refractivity contribution in [2.75, 3.05) is 0 Å². The molecule has 170 valence electrons. The average Bonchev–Trinajstić information content (AvgIpc) is 2.81. The highest BCUT2D eigenvalue weighted by Crippen LogP contribution is 2.37. The molecule has 0 aromatic heterocycles. The summed E-state index contributed by atoms with van der Waals surface area (Å²) in [6, 6.07) is 6.93. The van der Waals surface area contributed by atoms with Gasteiger partial charge in [0.25, 0.3) is 0 Å². The minimum Gasteiger partial charge on any atom is -0.206 e. The molecule has 3 rings (SSSR count). The Labute approximate surface area is 190 Å². The molecule has 0 heterocycles. The standard InChI is InChI=1S/C29H42FN/c1-2-3-4-5-6-23-7-9-24(10-8-23)11-12-25-13-15-26(16-14-25)17-18-27-19-20-28(22-31)29(30)21-27/h15,19-21,23-25H,2-14,16-18H2,1H3/t23-,24-,25?. The minimum absolute atomic E-state index is 0.143. The number of hydrogen-bond donors (Lipinski definition) is 0. The van der Waals surface area contributed by atoms with E-state index in [9.17, 15) is 4.39 Å². The summed E-state index contributed by atoms with van der Waals surface area (Å²) in [4.78, 5) is 0. The van der Waals surface area contributed by atoms with E-state index in [1.807, 2.05) is 12.1 Å². The SMILES string of the molecule is CCCCCC[C@H]1CC[C@H](CCC2CC=C(CCc3ccc(C#N)c(F)c3)CC2)CC1. The number of rotatable bonds is 11. The molecule has 1 saturated carbocycles. The summed E-state index contributed by atoms with van der Waals surface area (Å²) < 4.78 is 13.8. The van der Waals surface area contributed by atoms with Gasteiger partial charge in [0.2, 0.25) is 0 Å². The molecule has 1 fully saturated rings. The van der Waals surface area contributed by atoms with E-state index in [2.05, 4.69) is 13.0 Å².